The molecule has 0 bridgehead atoms. The van der Waals surface area contributed by atoms with E-state index in [1.165, 1.54) is 24.9 Å². The summed E-state index contributed by atoms with van der Waals surface area (Å²) in [5.41, 5.74) is 1.43. The van der Waals surface area contributed by atoms with Crippen LogP contribution in [0.25, 0.3) is 0 Å². The predicted molar refractivity (Wildman–Crippen MR) is 69.7 cm³/mol. The van der Waals surface area contributed by atoms with Gasteiger partial charge in [-0.2, -0.15) is 0 Å². The minimum absolute atomic E-state index is 0.901. The summed E-state index contributed by atoms with van der Waals surface area (Å²) in [5, 5.41) is 0. The zero-order valence-electron chi connectivity index (χ0n) is 9.49. The highest BCUT2D eigenvalue weighted by Crippen LogP contribution is 2.12. The van der Waals surface area contributed by atoms with E-state index in [4.69, 9.17) is 4.74 Å². The molecule has 0 radical (unpaired) electrons. The average Bonchev–Trinajstić information content (AvgIpc) is 2.33. The van der Waals surface area contributed by atoms with E-state index in [1.807, 2.05) is 0 Å². The van der Waals surface area contributed by atoms with Gasteiger partial charge >= 0.3 is 0 Å². The minimum atomic E-state index is 0.901. The number of ether oxygens (including phenoxy) is 1. The second-order valence-electron chi connectivity index (χ2n) is 4.18. The molecule has 1 aliphatic rings. The van der Waals surface area contributed by atoms with E-state index in [-0.39, 0.29) is 0 Å². The van der Waals surface area contributed by atoms with E-state index in [0.29, 0.717) is 0 Å². The van der Waals surface area contributed by atoms with Crippen molar-refractivity contribution in [1.82, 2.24) is 4.90 Å². The Hall–Kier alpha value is -0.380. The molecule has 88 valence electrons. The molecule has 2 rings (SSSR count). The van der Waals surface area contributed by atoms with Crippen molar-refractivity contribution in [3.05, 3.63) is 34.3 Å². The van der Waals surface area contributed by atoms with Crippen LogP contribution in [-0.4, -0.2) is 37.7 Å². The Bertz CT molecular complexity index is 306. The Morgan fingerprint density at radius 2 is 1.81 bits per heavy atom. The van der Waals surface area contributed by atoms with Crippen molar-refractivity contribution in [1.29, 1.82) is 0 Å². The standard InChI is InChI=1S/C13H18BrNO/c14-13-5-3-12(4-6-13)2-1-7-15-8-10-16-11-9-15/h3-6H,1-2,7-11H2. The third-order valence-corrected chi connectivity index (χ3v) is 3.49. The largest absolute Gasteiger partial charge is 0.379 e. The van der Waals surface area contributed by atoms with Crippen molar-refractivity contribution in [2.24, 2.45) is 0 Å². The van der Waals surface area contributed by atoms with E-state index < -0.39 is 0 Å². The molecule has 2 nitrogen and oxygen atoms in total. The third kappa shape index (κ3) is 3.89. The lowest BCUT2D eigenvalue weighted by atomic mass is 10.1. The molecule has 1 aromatic carbocycles. The molecule has 0 atom stereocenters. The number of benzene rings is 1. The van der Waals surface area contributed by atoms with Crippen molar-refractivity contribution in [2.75, 3.05) is 32.8 Å². The SMILES string of the molecule is Brc1ccc(CCCN2CCOCC2)cc1. The Morgan fingerprint density at radius 3 is 2.50 bits per heavy atom. The van der Waals surface area contributed by atoms with Crippen LogP contribution in [-0.2, 0) is 11.2 Å². The molecule has 1 aliphatic heterocycles. The fraction of sp³-hybridized carbons (Fsp3) is 0.538. The van der Waals surface area contributed by atoms with E-state index in [9.17, 15) is 0 Å². The van der Waals surface area contributed by atoms with Gasteiger partial charge < -0.3 is 4.74 Å². The maximum absolute atomic E-state index is 5.33. The number of hydrogen-bond acceptors (Lipinski definition) is 2. The van der Waals surface area contributed by atoms with Crippen LogP contribution in [0.3, 0.4) is 0 Å². The molecule has 0 spiro atoms. The monoisotopic (exact) mass is 283 g/mol. The first-order chi connectivity index (χ1) is 7.84. The molecule has 0 aromatic heterocycles. The van der Waals surface area contributed by atoms with E-state index in [1.54, 1.807) is 0 Å². The average molecular weight is 284 g/mol. The minimum Gasteiger partial charge on any atom is -0.379 e. The van der Waals surface area contributed by atoms with Gasteiger partial charge in [0.1, 0.15) is 0 Å². The van der Waals surface area contributed by atoms with E-state index in [0.717, 1.165) is 30.8 Å². The summed E-state index contributed by atoms with van der Waals surface area (Å²) in [7, 11) is 0. The van der Waals surface area contributed by atoms with Gasteiger partial charge in [0.2, 0.25) is 0 Å². The number of halogens is 1. The maximum Gasteiger partial charge on any atom is 0.0594 e. The van der Waals surface area contributed by atoms with Gasteiger partial charge in [-0.15, -0.1) is 0 Å². The molecule has 1 fully saturated rings. The third-order valence-electron chi connectivity index (χ3n) is 2.96. The first-order valence-electron chi connectivity index (χ1n) is 5.89. The molecule has 0 unspecified atom stereocenters. The molecule has 0 aliphatic carbocycles. The summed E-state index contributed by atoms with van der Waals surface area (Å²) < 4.78 is 6.49. The fourth-order valence-electron chi connectivity index (χ4n) is 1.98. The van der Waals surface area contributed by atoms with Crippen LogP contribution in [0.15, 0.2) is 28.7 Å². The van der Waals surface area contributed by atoms with Crippen LogP contribution in [0.5, 0.6) is 0 Å². The maximum atomic E-state index is 5.33. The highest BCUT2D eigenvalue weighted by Gasteiger charge is 2.09. The molecular formula is C13H18BrNO. The first-order valence-corrected chi connectivity index (χ1v) is 6.68. The number of nitrogens with zero attached hydrogens (tertiary/aromatic N) is 1. The van der Waals surface area contributed by atoms with Gasteiger partial charge in [0.15, 0.2) is 0 Å². The molecule has 1 heterocycles. The van der Waals surface area contributed by atoms with Gasteiger partial charge in [-0.05, 0) is 37.1 Å². The van der Waals surface area contributed by atoms with Gasteiger partial charge in [0.25, 0.3) is 0 Å². The zero-order chi connectivity index (χ0) is 11.2. The zero-order valence-corrected chi connectivity index (χ0v) is 11.1. The fourth-order valence-corrected chi connectivity index (χ4v) is 2.25. The van der Waals surface area contributed by atoms with Crippen LogP contribution in [0.2, 0.25) is 0 Å². The summed E-state index contributed by atoms with van der Waals surface area (Å²) in [4.78, 5) is 2.49. The second kappa shape index (κ2) is 6.38. The summed E-state index contributed by atoms with van der Waals surface area (Å²) >= 11 is 3.45. The Labute approximate surface area is 106 Å². The van der Waals surface area contributed by atoms with Gasteiger partial charge in [0.05, 0.1) is 13.2 Å². The normalized spacial score (nSPS) is 17.6. The number of morpholine rings is 1. The van der Waals surface area contributed by atoms with Crippen LogP contribution < -0.4 is 0 Å². The van der Waals surface area contributed by atoms with Crippen LogP contribution in [0, 0.1) is 0 Å². The van der Waals surface area contributed by atoms with Gasteiger partial charge in [-0.25, -0.2) is 0 Å². The predicted octanol–water partition coefficient (Wildman–Crippen LogP) is 2.71. The molecule has 0 N–H and O–H groups in total. The van der Waals surface area contributed by atoms with Crippen molar-refractivity contribution in [3.8, 4) is 0 Å². The van der Waals surface area contributed by atoms with Crippen molar-refractivity contribution in [2.45, 2.75) is 12.8 Å². The lowest BCUT2D eigenvalue weighted by Gasteiger charge is -2.26. The Balaban J connectivity index is 1.69. The van der Waals surface area contributed by atoms with Crippen LogP contribution in [0.1, 0.15) is 12.0 Å². The Morgan fingerprint density at radius 1 is 1.12 bits per heavy atom. The highest BCUT2D eigenvalue weighted by atomic mass is 79.9. The summed E-state index contributed by atoms with van der Waals surface area (Å²) in [6.45, 7) is 5.19. The Kier molecular flexibility index (Phi) is 4.82. The number of hydrogen-bond donors (Lipinski definition) is 0. The summed E-state index contributed by atoms with van der Waals surface area (Å²) in [6.07, 6.45) is 2.41. The van der Waals surface area contributed by atoms with Crippen molar-refractivity contribution >= 4 is 15.9 Å². The van der Waals surface area contributed by atoms with E-state index in [2.05, 4.69) is 45.1 Å². The highest BCUT2D eigenvalue weighted by molar-refractivity contribution is 9.10. The van der Waals surface area contributed by atoms with Gasteiger partial charge in [-0.1, -0.05) is 28.1 Å². The quantitative estimate of drug-likeness (QED) is 0.843. The molecule has 3 heteroatoms. The molecule has 1 saturated heterocycles. The van der Waals surface area contributed by atoms with Crippen molar-refractivity contribution < 1.29 is 4.74 Å². The van der Waals surface area contributed by atoms with Crippen LogP contribution >= 0.6 is 15.9 Å². The van der Waals surface area contributed by atoms with Gasteiger partial charge in [0, 0.05) is 17.6 Å². The number of aryl methyl sites for hydroxylation is 1. The smallest absolute Gasteiger partial charge is 0.0594 e. The topological polar surface area (TPSA) is 12.5 Å². The molecular weight excluding hydrogens is 266 g/mol. The summed E-state index contributed by atoms with van der Waals surface area (Å²) in [5.74, 6) is 0. The second-order valence-corrected chi connectivity index (χ2v) is 5.10. The number of rotatable bonds is 4. The van der Waals surface area contributed by atoms with E-state index >= 15 is 0 Å². The summed E-state index contributed by atoms with van der Waals surface area (Å²) in [6, 6.07) is 8.63. The molecule has 1 aromatic rings. The first kappa shape index (κ1) is 12.1. The molecule has 0 saturated carbocycles. The van der Waals surface area contributed by atoms with Crippen molar-refractivity contribution in [3.63, 3.8) is 0 Å². The lowest BCUT2D eigenvalue weighted by molar-refractivity contribution is 0.0375. The lowest BCUT2D eigenvalue weighted by Crippen LogP contribution is -2.36. The molecule has 0 amide bonds. The van der Waals surface area contributed by atoms with Gasteiger partial charge in [-0.3, -0.25) is 4.90 Å². The molecule has 16 heavy (non-hydrogen) atoms. The van der Waals surface area contributed by atoms with Crippen LogP contribution in [0.4, 0.5) is 0 Å².